The quantitative estimate of drug-likeness (QED) is 0.896. The van der Waals surface area contributed by atoms with Crippen LogP contribution in [0.4, 0.5) is 18.9 Å². The van der Waals surface area contributed by atoms with E-state index in [1.165, 1.54) is 17.7 Å². The van der Waals surface area contributed by atoms with Crippen LogP contribution in [0.2, 0.25) is 5.02 Å². The first kappa shape index (κ1) is 17.6. The number of nitrogens with one attached hydrogen (secondary N) is 1. The minimum atomic E-state index is -4.74. The van der Waals surface area contributed by atoms with Crippen LogP contribution in [-0.2, 0) is 22.7 Å². The van der Waals surface area contributed by atoms with Crippen LogP contribution in [0.15, 0.2) is 29.3 Å². The normalized spacial score (nSPS) is 12.4. The monoisotopic (exact) mass is 367 g/mol. The summed E-state index contributed by atoms with van der Waals surface area (Å²) in [5.74, 6) is 0. The second-order valence-corrected chi connectivity index (χ2v) is 6.79. The van der Waals surface area contributed by atoms with Gasteiger partial charge >= 0.3 is 6.18 Å². The zero-order valence-electron chi connectivity index (χ0n) is 12.1. The molecule has 1 aromatic heterocycles. The number of rotatable bonds is 4. The first-order chi connectivity index (χ1) is 10.6. The number of hydrogen-bond donors (Lipinski definition) is 1. The van der Waals surface area contributed by atoms with Crippen LogP contribution in [0.25, 0.3) is 0 Å². The highest BCUT2D eigenvalue weighted by molar-refractivity contribution is 7.92. The summed E-state index contributed by atoms with van der Waals surface area (Å²) in [5.41, 5.74) is -1.41. The number of alkyl halides is 3. The van der Waals surface area contributed by atoms with E-state index in [4.69, 9.17) is 11.6 Å². The van der Waals surface area contributed by atoms with E-state index in [0.717, 1.165) is 12.3 Å². The van der Waals surface area contributed by atoms with Gasteiger partial charge in [0.25, 0.3) is 10.0 Å². The smallest absolute Gasteiger partial charge is 0.279 e. The lowest BCUT2D eigenvalue weighted by Crippen LogP contribution is -2.18. The first-order valence-corrected chi connectivity index (χ1v) is 8.34. The third kappa shape index (κ3) is 3.61. The van der Waals surface area contributed by atoms with E-state index in [1.807, 2.05) is 4.72 Å². The van der Waals surface area contributed by atoms with Crippen molar-refractivity contribution in [1.29, 1.82) is 0 Å². The van der Waals surface area contributed by atoms with Gasteiger partial charge < -0.3 is 0 Å². The van der Waals surface area contributed by atoms with Crippen molar-refractivity contribution >= 4 is 27.3 Å². The SMILES string of the molecule is CCn1ncc(S(=O)(=O)Nc2ccc(Cl)cc2C(F)(F)F)c1C. The molecule has 1 N–H and O–H groups in total. The molecule has 0 fully saturated rings. The number of benzene rings is 1. The average molecular weight is 368 g/mol. The molecule has 0 spiro atoms. The van der Waals surface area contributed by atoms with Gasteiger partial charge in [-0.05, 0) is 32.0 Å². The molecule has 2 aromatic rings. The Labute approximate surface area is 136 Å². The van der Waals surface area contributed by atoms with Crippen molar-refractivity contribution in [2.45, 2.75) is 31.5 Å². The zero-order valence-corrected chi connectivity index (χ0v) is 13.7. The van der Waals surface area contributed by atoms with Gasteiger partial charge in [-0.25, -0.2) is 8.42 Å². The standard InChI is InChI=1S/C13H13ClF3N3O2S/c1-3-20-8(2)12(7-18-20)23(21,22)19-11-5-4-9(14)6-10(11)13(15,16)17/h4-7,19H,3H2,1-2H3. The lowest BCUT2D eigenvalue weighted by molar-refractivity contribution is -0.136. The first-order valence-electron chi connectivity index (χ1n) is 6.48. The summed E-state index contributed by atoms with van der Waals surface area (Å²) in [7, 11) is -4.21. The molecule has 2 rings (SSSR count). The van der Waals surface area contributed by atoms with E-state index in [0.29, 0.717) is 18.3 Å². The Morgan fingerprint density at radius 1 is 1.35 bits per heavy atom. The molecule has 0 saturated carbocycles. The minimum absolute atomic E-state index is 0.143. The van der Waals surface area contributed by atoms with E-state index >= 15 is 0 Å². The Balaban J connectivity index is 2.48. The predicted octanol–water partition coefficient (Wildman–Crippen LogP) is 3.68. The fourth-order valence-electron chi connectivity index (χ4n) is 2.05. The summed E-state index contributed by atoms with van der Waals surface area (Å²) in [6.45, 7) is 3.73. The summed E-state index contributed by atoms with van der Waals surface area (Å²) in [6.07, 6.45) is -3.64. The maximum atomic E-state index is 13.0. The van der Waals surface area contributed by atoms with Crippen molar-refractivity contribution in [2.75, 3.05) is 4.72 Å². The van der Waals surface area contributed by atoms with Crippen LogP contribution in [0.3, 0.4) is 0 Å². The van der Waals surface area contributed by atoms with Gasteiger partial charge in [0.1, 0.15) is 4.90 Å². The van der Waals surface area contributed by atoms with Crippen LogP contribution < -0.4 is 4.72 Å². The largest absolute Gasteiger partial charge is 0.418 e. The summed E-state index contributed by atoms with van der Waals surface area (Å²) in [5, 5.41) is 3.74. The Morgan fingerprint density at radius 2 is 2.00 bits per heavy atom. The topological polar surface area (TPSA) is 64.0 Å². The molecule has 5 nitrogen and oxygen atoms in total. The van der Waals surface area contributed by atoms with Crippen molar-refractivity contribution < 1.29 is 21.6 Å². The lowest BCUT2D eigenvalue weighted by Gasteiger charge is -2.15. The maximum Gasteiger partial charge on any atom is 0.418 e. The van der Waals surface area contributed by atoms with Crippen LogP contribution in [0, 0.1) is 6.92 Å². The molecule has 1 heterocycles. The van der Waals surface area contributed by atoms with E-state index < -0.39 is 27.5 Å². The highest BCUT2D eigenvalue weighted by atomic mass is 35.5. The van der Waals surface area contributed by atoms with Crippen LogP contribution in [-0.4, -0.2) is 18.2 Å². The van der Waals surface area contributed by atoms with Crippen LogP contribution >= 0.6 is 11.6 Å². The summed E-state index contributed by atoms with van der Waals surface area (Å²) < 4.78 is 67.2. The zero-order chi connectivity index (χ0) is 17.4. The van der Waals surface area contributed by atoms with Gasteiger partial charge in [-0.1, -0.05) is 11.6 Å². The van der Waals surface area contributed by atoms with Crippen LogP contribution in [0.5, 0.6) is 0 Å². The van der Waals surface area contributed by atoms with E-state index in [1.54, 1.807) is 6.92 Å². The molecule has 1 aromatic carbocycles. The Hall–Kier alpha value is -1.74. The van der Waals surface area contributed by atoms with Crippen molar-refractivity contribution in [2.24, 2.45) is 0 Å². The summed E-state index contributed by atoms with van der Waals surface area (Å²) in [6, 6.07) is 2.82. The number of anilines is 1. The molecule has 0 saturated heterocycles. The van der Waals surface area contributed by atoms with Gasteiger partial charge in [0.15, 0.2) is 0 Å². The molecule has 0 bridgehead atoms. The molecule has 126 valence electrons. The van der Waals surface area contributed by atoms with E-state index in [9.17, 15) is 21.6 Å². The van der Waals surface area contributed by atoms with Gasteiger partial charge in [0.05, 0.1) is 23.1 Å². The maximum absolute atomic E-state index is 13.0. The van der Waals surface area contributed by atoms with Crippen molar-refractivity contribution in [1.82, 2.24) is 9.78 Å². The number of aryl methyl sites for hydroxylation is 1. The molecule has 0 unspecified atom stereocenters. The molecule has 0 aliphatic rings. The van der Waals surface area contributed by atoms with Crippen molar-refractivity contribution in [3.8, 4) is 0 Å². The summed E-state index contributed by atoms with van der Waals surface area (Å²) >= 11 is 5.57. The fraction of sp³-hybridized carbons (Fsp3) is 0.308. The Bertz CT molecular complexity index is 831. The van der Waals surface area contributed by atoms with Crippen molar-refractivity contribution in [3.05, 3.63) is 40.7 Å². The van der Waals surface area contributed by atoms with Crippen LogP contribution in [0.1, 0.15) is 18.2 Å². The molecule has 0 aliphatic heterocycles. The van der Waals surface area contributed by atoms with Gasteiger partial charge in [-0.3, -0.25) is 9.40 Å². The third-order valence-corrected chi connectivity index (χ3v) is 4.88. The van der Waals surface area contributed by atoms with E-state index in [-0.39, 0.29) is 9.92 Å². The number of aromatic nitrogens is 2. The van der Waals surface area contributed by atoms with Gasteiger partial charge in [-0.15, -0.1) is 0 Å². The van der Waals surface area contributed by atoms with Gasteiger partial charge in [0.2, 0.25) is 0 Å². The second kappa shape index (κ2) is 6.04. The minimum Gasteiger partial charge on any atom is -0.279 e. The molecule has 0 radical (unpaired) electrons. The van der Waals surface area contributed by atoms with Gasteiger partial charge in [0, 0.05) is 11.6 Å². The highest BCUT2D eigenvalue weighted by Gasteiger charge is 2.35. The van der Waals surface area contributed by atoms with E-state index in [2.05, 4.69) is 5.10 Å². The predicted molar refractivity (Wildman–Crippen MR) is 79.9 cm³/mol. The third-order valence-electron chi connectivity index (χ3n) is 3.18. The second-order valence-electron chi connectivity index (χ2n) is 4.70. The summed E-state index contributed by atoms with van der Waals surface area (Å²) in [4.78, 5) is -0.178. The molecule has 0 atom stereocenters. The molecular formula is C13H13ClF3N3O2S. The van der Waals surface area contributed by atoms with Gasteiger partial charge in [-0.2, -0.15) is 18.3 Å². The lowest BCUT2D eigenvalue weighted by atomic mass is 10.2. The fourth-order valence-corrected chi connectivity index (χ4v) is 3.48. The molecule has 0 amide bonds. The highest BCUT2D eigenvalue weighted by Crippen LogP contribution is 2.37. The Kier molecular flexibility index (Phi) is 4.63. The number of sulfonamides is 1. The number of hydrogen-bond acceptors (Lipinski definition) is 3. The molecular weight excluding hydrogens is 355 g/mol. The molecule has 0 aliphatic carbocycles. The van der Waals surface area contributed by atoms with Crippen molar-refractivity contribution in [3.63, 3.8) is 0 Å². The Morgan fingerprint density at radius 3 is 2.52 bits per heavy atom. The number of halogens is 4. The average Bonchev–Trinajstić information content (AvgIpc) is 2.81. The molecule has 23 heavy (non-hydrogen) atoms. The molecule has 10 heteroatoms. The number of nitrogens with zero attached hydrogens (tertiary/aromatic N) is 2.